The van der Waals surface area contributed by atoms with Crippen molar-refractivity contribution >= 4 is 23.2 Å². The van der Waals surface area contributed by atoms with Crippen LogP contribution in [0.2, 0.25) is 10.0 Å². The predicted octanol–water partition coefficient (Wildman–Crippen LogP) is 7.76. The first-order valence-electron chi connectivity index (χ1n) is 10.0. The van der Waals surface area contributed by atoms with Crippen molar-refractivity contribution in [3.8, 4) is 28.2 Å². The Balaban J connectivity index is 1.95. The maximum Gasteiger partial charge on any atom is 0.417 e. The van der Waals surface area contributed by atoms with Crippen LogP contribution in [0.3, 0.4) is 0 Å². The van der Waals surface area contributed by atoms with E-state index in [1.54, 1.807) is 41.1 Å². The predicted molar refractivity (Wildman–Crippen MR) is 125 cm³/mol. The molecule has 0 unspecified atom stereocenters. The second-order valence-corrected chi connectivity index (χ2v) is 8.86. The van der Waals surface area contributed by atoms with Gasteiger partial charge >= 0.3 is 6.18 Å². The van der Waals surface area contributed by atoms with Crippen LogP contribution in [0.15, 0.2) is 72.9 Å². The lowest BCUT2D eigenvalue weighted by Crippen LogP contribution is -2.15. The maximum atomic E-state index is 13.8. The average Bonchev–Trinajstić information content (AvgIpc) is 3.21. The normalized spacial score (nSPS) is 12.2. The van der Waals surface area contributed by atoms with E-state index in [2.05, 4.69) is 4.98 Å². The van der Waals surface area contributed by atoms with Crippen LogP contribution in [-0.4, -0.2) is 14.7 Å². The highest BCUT2D eigenvalue weighted by atomic mass is 35.5. The van der Waals surface area contributed by atoms with Gasteiger partial charge in [-0.25, -0.2) is 4.98 Å². The third kappa shape index (κ3) is 4.64. The fourth-order valence-corrected chi connectivity index (χ4v) is 3.95. The van der Waals surface area contributed by atoms with Crippen molar-refractivity contribution in [3.63, 3.8) is 0 Å². The Hall–Kier alpha value is -2.80. The number of aliphatic hydroxyl groups is 1. The molecule has 0 aliphatic carbocycles. The third-order valence-electron chi connectivity index (χ3n) is 5.19. The summed E-state index contributed by atoms with van der Waals surface area (Å²) < 4.78 is 42.8. The minimum atomic E-state index is -4.57. The molecule has 0 amide bonds. The number of alkyl halides is 3. The van der Waals surface area contributed by atoms with Gasteiger partial charge in [0.15, 0.2) is 0 Å². The number of hydrogen-bond acceptors (Lipinski definition) is 2. The summed E-state index contributed by atoms with van der Waals surface area (Å²) >= 11 is 12.5. The van der Waals surface area contributed by atoms with Crippen LogP contribution in [0.4, 0.5) is 13.2 Å². The highest BCUT2D eigenvalue weighted by molar-refractivity contribution is 6.43. The second kappa shape index (κ2) is 8.52. The molecule has 0 saturated carbocycles. The zero-order valence-corrected chi connectivity index (χ0v) is 19.2. The van der Waals surface area contributed by atoms with Gasteiger partial charge in [0.1, 0.15) is 11.4 Å². The summed E-state index contributed by atoms with van der Waals surface area (Å²) in [7, 11) is 0. The van der Waals surface area contributed by atoms with E-state index in [0.29, 0.717) is 21.3 Å². The number of nitrogens with zero attached hydrogens (tertiary/aromatic N) is 2. The first-order chi connectivity index (χ1) is 15.5. The lowest BCUT2D eigenvalue weighted by molar-refractivity contribution is -0.137. The van der Waals surface area contributed by atoms with Gasteiger partial charge in [-0.1, -0.05) is 65.7 Å². The molecule has 1 aromatic heterocycles. The number of halogens is 5. The molecule has 0 aliphatic heterocycles. The number of imidazole rings is 1. The monoisotopic (exact) mass is 490 g/mol. The standard InChI is InChI=1S/C25H19Cl2F3N2O/c1-24(2,33)21-14-32(23(31-21)18-9-3-4-11-19(18)25(28,29)30)16-8-5-7-15(13-16)17-10-6-12-20(26)22(17)27/h3-14,33H,1-2H3. The highest BCUT2D eigenvalue weighted by Crippen LogP contribution is 2.39. The van der Waals surface area contributed by atoms with Gasteiger partial charge in [0.05, 0.1) is 21.3 Å². The molecular formula is C25H19Cl2F3N2O. The Kier molecular flexibility index (Phi) is 6.03. The molecule has 33 heavy (non-hydrogen) atoms. The zero-order chi connectivity index (χ0) is 24.0. The SMILES string of the molecule is CC(C)(O)c1cn(-c2cccc(-c3cccc(Cl)c3Cl)c2)c(-c2ccccc2C(F)(F)F)n1. The molecule has 0 bridgehead atoms. The lowest BCUT2D eigenvalue weighted by Gasteiger charge is -2.15. The molecule has 1 N–H and O–H groups in total. The van der Waals surface area contributed by atoms with Crippen LogP contribution in [-0.2, 0) is 11.8 Å². The van der Waals surface area contributed by atoms with E-state index in [1.165, 1.54) is 32.0 Å². The van der Waals surface area contributed by atoms with E-state index in [4.69, 9.17) is 23.2 Å². The molecule has 1 heterocycles. The highest BCUT2D eigenvalue weighted by Gasteiger charge is 2.35. The van der Waals surface area contributed by atoms with Gasteiger partial charge in [0.25, 0.3) is 0 Å². The summed E-state index contributed by atoms with van der Waals surface area (Å²) in [6, 6.07) is 17.6. The molecule has 0 fully saturated rings. The summed E-state index contributed by atoms with van der Waals surface area (Å²) in [5, 5.41) is 11.3. The van der Waals surface area contributed by atoms with E-state index in [-0.39, 0.29) is 17.1 Å². The van der Waals surface area contributed by atoms with Crippen molar-refractivity contribution in [1.82, 2.24) is 9.55 Å². The Morgan fingerprint density at radius 1 is 0.879 bits per heavy atom. The summed E-state index contributed by atoms with van der Waals surface area (Å²) in [5.41, 5.74) is -0.0557. The van der Waals surface area contributed by atoms with Crippen molar-refractivity contribution in [1.29, 1.82) is 0 Å². The fraction of sp³-hybridized carbons (Fsp3) is 0.160. The zero-order valence-electron chi connectivity index (χ0n) is 17.7. The van der Waals surface area contributed by atoms with Crippen LogP contribution in [0.25, 0.3) is 28.2 Å². The summed E-state index contributed by atoms with van der Waals surface area (Å²) in [6.45, 7) is 3.06. The molecule has 3 aromatic carbocycles. The van der Waals surface area contributed by atoms with Crippen molar-refractivity contribution in [3.05, 3.63) is 94.2 Å². The molecule has 0 aliphatic rings. The molecule has 0 radical (unpaired) electrons. The van der Waals surface area contributed by atoms with Gasteiger partial charge in [0, 0.05) is 23.0 Å². The molecular weight excluding hydrogens is 472 g/mol. The quantitative estimate of drug-likeness (QED) is 0.317. The van der Waals surface area contributed by atoms with Crippen molar-refractivity contribution in [2.75, 3.05) is 0 Å². The van der Waals surface area contributed by atoms with Gasteiger partial charge in [-0.15, -0.1) is 0 Å². The first-order valence-corrected chi connectivity index (χ1v) is 10.8. The molecule has 0 saturated heterocycles. The topological polar surface area (TPSA) is 38.0 Å². The minimum absolute atomic E-state index is 0.0643. The molecule has 170 valence electrons. The largest absolute Gasteiger partial charge is 0.417 e. The van der Waals surface area contributed by atoms with E-state index in [1.807, 2.05) is 12.1 Å². The van der Waals surface area contributed by atoms with Gasteiger partial charge in [-0.05, 0) is 43.7 Å². The number of rotatable bonds is 4. The third-order valence-corrected chi connectivity index (χ3v) is 6.01. The fourth-order valence-electron chi connectivity index (χ4n) is 3.54. The van der Waals surface area contributed by atoms with E-state index < -0.39 is 17.3 Å². The van der Waals surface area contributed by atoms with E-state index >= 15 is 0 Å². The summed E-state index contributed by atoms with van der Waals surface area (Å²) in [5.74, 6) is 0.0643. The Bertz CT molecular complexity index is 1320. The van der Waals surface area contributed by atoms with E-state index in [0.717, 1.165) is 11.6 Å². The van der Waals surface area contributed by atoms with Crippen molar-refractivity contribution in [2.24, 2.45) is 0 Å². The maximum absolute atomic E-state index is 13.8. The van der Waals surface area contributed by atoms with Crippen LogP contribution >= 0.6 is 23.2 Å². The Labute approximate surface area is 199 Å². The number of aromatic nitrogens is 2. The minimum Gasteiger partial charge on any atom is -0.384 e. The van der Waals surface area contributed by atoms with Gasteiger partial charge < -0.3 is 5.11 Å². The molecule has 8 heteroatoms. The van der Waals surface area contributed by atoms with Gasteiger partial charge in [-0.2, -0.15) is 13.2 Å². The summed E-state index contributed by atoms with van der Waals surface area (Å²) in [4.78, 5) is 4.40. The second-order valence-electron chi connectivity index (χ2n) is 8.07. The molecule has 3 nitrogen and oxygen atoms in total. The molecule has 0 spiro atoms. The van der Waals surface area contributed by atoms with Crippen LogP contribution in [0, 0.1) is 0 Å². The Morgan fingerprint density at radius 2 is 1.55 bits per heavy atom. The molecule has 4 rings (SSSR count). The molecule has 0 atom stereocenters. The Morgan fingerprint density at radius 3 is 2.24 bits per heavy atom. The smallest absolute Gasteiger partial charge is 0.384 e. The van der Waals surface area contributed by atoms with Gasteiger partial charge in [0.2, 0.25) is 0 Å². The summed E-state index contributed by atoms with van der Waals surface area (Å²) in [6.07, 6.45) is -3.03. The van der Waals surface area contributed by atoms with Gasteiger partial charge in [-0.3, -0.25) is 4.57 Å². The van der Waals surface area contributed by atoms with Crippen molar-refractivity contribution in [2.45, 2.75) is 25.6 Å². The van der Waals surface area contributed by atoms with Crippen molar-refractivity contribution < 1.29 is 18.3 Å². The van der Waals surface area contributed by atoms with E-state index in [9.17, 15) is 18.3 Å². The number of benzene rings is 3. The first kappa shape index (κ1) is 23.4. The average molecular weight is 491 g/mol. The molecule has 4 aromatic rings. The lowest BCUT2D eigenvalue weighted by atomic mass is 10.0. The van der Waals surface area contributed by atoms with Crippen LogP contribution < -0.4 is 0 Å². The van der Waals surface area contributed by atoms with Crippen LogP contribution in [0.5, 0.6) is 0 Å². The van der Waals surface area contributed by atoms with Crippen LogP contribution in [0.1, 0.15) is 25.1 Å². The number of hydrogen-bond donors (Lipinski definition) is 1.